The van der Waals surface area contributed by atoms with Gasteiger partial charge in [-0.25, -0.2) is 9.97 Å². The van der Waals surface area contributed by atoms with E-state index in [1.807, 2.05) is 12.1 Å². The highest BCUT2D eigenvalue weighted by atomic mass is 16.5. The molecule has 0 aromatic carbocycles. The lowest BCUT2D eigenvalue weighted by molar-refractivity contribution is -0.136. The molecule has 1 aliphatic heterocycles. The first-order chi connectivity index (χ1) is 12.6. The van der Waals surface area contributed by atoms with Crippen molar-refractivity contribution >= 4 is 11.7 Å². The van der Waals surface area contributed by atoms with Crippen molar-refractivity contribution in [3.63, 3.8) is 0 Å². The van der Waals surface area contributed by atoms with Gasteiger partial charge in [-0.1, -0.05) is 0 Å². The van der Waals surface area contributed by atoms with Crippen molar-refractivity contribution in [2.45, 2.75) is 25.4 Å². The standard InChI is InChI=1S/C19H23N5O2/c1-23(2)17(25)12-26-14-10-24(11-14)19-15-6-3-7-16(15)21-18(22-19)13-5-4-8-20-9-13/h4-5,8-9,14H,3,6-7,10-12H2,1-2H3. The highest BCUT2D eigenvalue weighted by Gasteiger charge is 2.33. The van der Waals surface area contributed by atoms with Gasteiger partial charge in [-0.15, -0.1) is 0 Å². The molecule has 1 saturated heterocycles. The van der Waals surface area contributed by atoms with Crippen LogP contribution in [0, 0.1) is 0 Å². The lowest BCUT2D eigenvalue weighted by Crippen LogP contribution is -2.53. The topological polar surface area (TPSA) is 71.5 Å². The van der Waals surface area contributed by atoms with Crippen LogP contribution < -0.4 is 4.90 Å². The number of carbonyl (C=O) groups is 1. The summed E-state index contributed by atoms with van der Waals surface area (Å²) in [6.45, 7) is 1.65. The molecule has 0 bridgehead atoms. The van der Waals surface area contributed by atoms with Gasteiger partial charge in [0.1, 0.15) is 12.4 Å². The number of nitrogens with zero attached hydrogens (tertiary/aromatic N) is 5. The van der Waals surface area contributed by atoms with E-state index in [1.165, 1.54) is 5.56 Å². The number of fused-ring (bicyclic) bond motifs is 1. The number of aryl methyl sites for hydroxylation is 1. The quantitative estimate of drug-likeness (QED) is 0.807. The molecule has 2 aromatic heterocycles. The minimum Gasteiger partial charge on any atom is -0.365 e. The average Bonchev–Trinajstić information content (AvgIpc) is 3.09. The molecule has 0 N–H and O–H groups in total. The zero-order chi connectivity index (χ0) is 18.1. The number of carbonyl (C=O) groups excluding carboxylic acids is 1. The van der Waals surface area contributed by atoms with E-state index in [9.17, 15) is 4.79 Å². The predicted molar refractivity (Wildman–Crippen MR) is 97.9 cm³/mol. The third-order valence-electron chi connectivity index (χ3n) is 4.92. The molecule has 7 heteroatoms. The van der Waals surface area contributed by atoms with Gasteiger partial charge in [0.05, 0.1) is 6.10 Å². The Morgan fingerprint density at radius 2 is 2.15 bits per heavy atom. The molecule has 4 rings (SSSR count). The van der Waals surface area contributed by atoms with E-state index < -0.39 is 0 Å². The summed E-state index contributed by atoms with van der Waals surface area (Å²) in [6.07, 6.45) is 6.79. The lowest BCUT2D eigenvalue weighted by atomic mass is 10.1. The number of amides is 1. The largest absolute Gasteiger partial charge is 0.365 e. The number of rotatable bonds is 5. The van der Waals surface area contributed by atoms with Gasteiger partial charge in [-0.2, -0.15) is 0 Å². The summed E-state index contributed by atoms with van der Waals surface area (Å²) in [5, 5.41) is 0. The molecule has 1 amide bonds. The van der Waals surface area contributed by atoms with Gasteiger partial charge in [-0.3, -0.25) is 9.78 Å². The first-order valence-corrected chi connectivity index (χ1v) is 8.98. The number of pyridine rings is 1. The van der Waals surface area contributed by atoms with Crippen LogP contribution in [0.1, 0.15) is 17.7 Å². The summed E-state index contributed by atoms with van der Waals surface area (Å²) in [6, 6.07) is 3.89. The van der Waals surface area contributed by atoms with Gasteiger partial charge in [0, 0.05) is 56.4 Å². The molecule has 7 nitrogen and oxygen atoms in total. The smallest absolute Gasteiger partial charge is 0.248 e. The molecule has 3 heterocycles. The average molecular weight is 353 g/mol. The molecule has 0 spiro atoms. The number of ether oxygens (including phenoxy) is 1. The Bertz CT molecular complexity index is 803. The number of likely N-dealkylation sites (N-methyl/N-ethyl adjacent to an activating group) is 1. The summed E-state index contributed by atoms with van der Waals surface area (Å²) in [4.78, 5) is 29.2. The second kappa shape index (κ2) is 6.99. The summed E-state index contributed by atoms with van der Waals surface area (Å²) in [7, 11) is 3.48. The summed E-state index contributed by atoms with van der Waals surface area (Å²) < 4.78 is 5.70. The fraction of sp³-hybridized carbons (Fsp3) is 0.474. The fourth-order valence-corrected chi connectivity index (χ4v) is 3.33. The van der Waals surface area contributed by atoms with Crippen LogP contribution in [0.4, 0.5) is 5.82 Å². The van der Waals surface area contributed by atoms with Crippen LogP contribution in [0.5, 0.6) is 0 Å². The van der Waals surface area contributed by atoms with Gasteiger partial charge in [0.2, 0.25) is 5.91 Å². The van der Waals surface area contributed by atoms with Crippen LogP contribution in [-0.4, -0.2) is 65.7 Å². The molecule has 136 valence electrons. The van der Waals surface area contributed by atoms with E-state index in [4.69, 9.17) is 14.7 Å². The first-order valence-electron chi connectivity index (χ1n) is 8.98. The first kappa shape index (κ1) is 16.9. The monoisotopic (exact) mass is 353 g/mol. The lowest BCUT2D eigenvalue weighted by Gasteiger charge is -2.40. The van der Waals surface area contributed by atoms with E-state index in [1.54, 1.807) is 31.4 Å². The van der Waals surface area contributed by atoms with Gasteiger partial charge < -0.3 is 14.5 Å². The van der Waals surface area contributed by atoms with Crippen molar-refractivity contribution in [3.8, 4) is 11.4 Å². The Morgan fingerprint density at radius 3 is 2.88 bits per heavy atom. The van der Waals surface area contributed by atoms with E-state index in [0.29, 0.717) is 0 Å². The highest BCUT2D eigenvalue weighted by molar-refractivity contribution is 5.76. The van der Waals surface area contributed by atoms with Crippen LogP contribution in [0.3, 0.4) is 0 Å². The minimum absolute atomic E-state index is 0.00904. The number of anilines is 1. The van der Waals surface area contributed by atoms with E-state index in [2.05, 4.69) is 9.88 Å². The second-order valence-corrected chi connectivity index (χ2v) is 7.02. The highest BCUT2D eigenvalue weighted by Crippen LogP contribution is 2.33. The van der Waals surface area contributed by atoms with E-state index in [0.717, 1.165) is 55.3 Å². The van der Waals surface area contributed by atoms with Crippen LogP contribution in [0.15, 0.2) is 24.5 Å². The van der Waals surface area contributed by atoms with Gasteiger partial charge in [-0.05, 0) is 31.4 Å². The summed E-state index contributed by atoms with van der Waals surface area (Å²) in [5.41, 5.74) is 3.36. The fourth-order valence-electron chi connectivity index (χ4n) is 3.33. The zero-order valence-electron chi connectivity index (χ0n) is 15.2. The molecule has 2 aliphatic rings. The van der Waals surface area contributed by atoms with Crippen molar-refractivity contribution in [2.75, 3.05) is 38.7 Å². The van der Waals surface area contributed by atoms with Crippen molar-refractivity contribution in [3.05, 3.63) is 35.8 Å². The minimum atomic E-state index is -0.00904. The normalized spacial score (nSPS) is 16.3. The second-order valence-electron chi connectivity index (χ2n) is 7.02. The molecule has 26 heavy (non-hydrogen) atoms. The maximum atomic E-state index is 11.7. The molecule has 2 aromatic rings. The SMILES string of the molecule is CN(C)C(=O)COC1CN(c2nc(-c3cccnc3)nc3c2CCC3)C1. The van der Waals surface area contributed by atoms with Crippen LogP contribution in [-0.2, 0) is 22.4 Å². The molecule has 1 aliphatic carbocycles. The van der Waals surface area contributed by atoms with Crippen molar-refractivity contribution in [2.24, 2.45) is 0 Å². The van der Waals surface area contributed by atoms with Crippen LogP contribution in [0.2, 0.25) is 0 Å². The number of aromatic nitrogens is 3. The number of hydrogen-bond acceptors (Lipinski definition) is 6. The third-order valence-corrected chi connectivity index (χ3v) is 4.92. The predicted octanol–water partition coefficient (Wildman–Crippen LogP) is 1.32. The number of hydrogen-bond donors (Lipinski definition) is 0. The molecule has 0 atom stereocenters. The Kier molecular flexibility index (Phi) is 4.55. The maximum absolute atomic E-state index is 11.7. The maximum Gasteiger partial charge on any atom is 0.248 e. The van der Waals surface area contributed by atoms with Crippen LogP contribution >= 0.6 is 0 Å². The van der Waals surface area contributed by atoms with Crippen molar-refractivity contribution < 1.29 is 9.53 Å². The van der Waals surface area contributed by atoms with Crippen molar-refractivity contribution in [1.29, 1.82) is 0 Å². The van der Waals surface area contributed by atoms with Gasteiger partial charge in [0.25, 0.3) is 0 Å². The molecule has 0 radical (unpaired) electrons. The zero-order valence-corrected chi connectivity index (χ0v) is 15.2. The Morgan fingerprint density at radius 1 is 1.31 bits per heavy atom. The van der Waals surface area contributed by atoms with Crippen LogP contribution in [0.25, 0.3) is 11.4 Å². The molecule has 1 fully saturated rings. The Labute approximate surface area is 153 Å². The summed E-state index contributed by atoms with van der Waals surface area (Å²) >= 11 is 0. The molecular formula is C19H23N5O2. The summed E-state index contributed by atoms with van der Waals surface area (Å²) in [5.74, 6) is 1.75. The Hall–Kier alpha value is -2.54. The van der Waals surface area contributed by atoms with E-state index in [-0.39, 0.29) is 18.6 Å². The van der Waals surface area contributed by atoms with Gasteiger partial charge >= 0.3 is 0 Å². The van der Waals surface area contributed by atoms with Gasteiger partial charge in [0.15, 0.2) is 5.82 Å². The third kappa shape index (κ3) is 3.26. The Balaban J connectivity index is 1.49. The van der Waals surface area contributed by atoms with Crippen molar-refractivity contribution in [1.82, 2.24) is 19.9 Å². The van der Waals surface area contributed by atoms with E-state index >= 15 is 0 Å². The molecule has 0 unspecified atom stereocenters. The molecule has 0 saturated carbocycles. The molecular weight excluding hydrogens is 330 g/mol.